The summed E-state index contributed by atoms with van der Waals surface area (Å²) < 4.78 is 9.81. The number of thioether (sulfide) groups is 1. The van der Waals surface area contributed by atoms with E-state index in [4.69, 9.17) is 15.4 Å². The average molecular weight is 311 g/mol. The summed E-state index contributed by atoms with van der Waals surface area (Å²) in [4.78, 5) is 22.9. The lowest BCUT2D eigenvalue weighted by molar-refractivity contribution is -0.141. The number of esters is 1. The summed E-state index contributed by atoms with van der Waals surface area (Å²) in [6, 6.07) is 1.22. The number of nitriles is 1. The number of nitrogens with zero attached hydrogens (tertiary/aromatic N) is 1. The molecule has 0 radical (unpaired) electrons. The molecule has 0 spiro atoms. The normalized spacial score (nSPS) is 11.6. The molecule has 0 saturated carbocycles. The van der Waals surface area contributed by atoms with Gasteiger partial charge in [-0.25, -0.2) is 0 Å². The lowest BCUT2D eigenvalue weighted by Gasteiger charge is -2.08. The molecule has 0 aliphatic rings. The maximum atomic E-state index is 11.8. The van der Waals surface area contributed by atoms with Crippen LogP contribution in [0.2, 0.25) is 0 Å². The summed E-state index contributed by atoms with van der Waals surface area (Å²) in [6.45, 7) is 3.47. The van der Waals surface area contributed by atoms with Gasteiger partial charge in [0.25, 0.3) is 0 Å². The molecule has 1 amide bonds. The number of furan rings is 1. The molecule has 0 aliphatic carbocycles. The van der Waals surface area contributed by atoms with Crippen molar-refractivity contribution in [1.82, 2.24) is 0 Å². The topological polar surface area (TPSA) is 118 Å². The van der Waals surface area contributed by atoms with Crippen LogP contribution in [0.5, 0.6) is 0 Å². The third-order valence-electron chi connectivity index (χ3n) is 2.78. The summed E-state index contributed by atoms with van der Waals surface area (Å²) in [7, 11) is 1.25. The van der Waals surface area contributed by atoms with Crippen LogP contribution in [0, 0.1) is 25.2 Å². The number of carbonyl (C=O) groups is 2. The van der Waals surface area contributed by atoms with Crippen molar-refractivity contribution >= 4 is 29.5 Å². The van der Waals surface area contributed by atoms with Crippen molar-refractivity contribution in [2.45, 2.75) is 19.9 Å². The standard InChI is InChI=1S/C13H17N3O4S/c1-7-8(2)20-12(9(7)4-14)16-11(17)6-21-5-10(15)13(18)19-3/h10H,5-6,15H2,1-3H3,(H,16,17). The highest BCUT2D eigenvalue weighted by molar-refractivity contribution is 8.00. The summed E-state index contributed by atoms with van der Waals surface area (Å²) >= 11 is 1.19. The van der Waals surface area contributed by atoms with Gasteiger partial charge >= 0.3 is 5.97 Å². The van der Waals surface area contributed by atoms with E-state index in [2.05, 4.69) is 10.1 Å². The second kappa shape index (κ2) is 7.71. The Morgan fingerprint density at radius 2 is 2.19 bits per heavy atom. The number of nitrogens with one attached hydrogen (secondary N) is 1. The predicted molar refractivity (Wildman–Crippen MR) is 78.8 cm³/mol. The number of hydrogen-bond acceptors (Lipinski definition) is 7. The van der Waals surface area contributed by atoms with Crippen molar-refractivity contribution in [2.24, 2.45) is 5.73 Å². The highest BCUT2D eigenvalue weighted by atomic mass is 32.2. The van der Waals surface area contributed by atoms with Gasteiger partial charge < -0.3 is 14.9 Å². The second-order valence-electron chi connectivity index (χ2n) is 4.29. The van der Waals surface area contributed by atoms with E-state index in [1.165, 1.54) is 18.9 Å². The second-order valence-corrected chi connectivity index (χ2v) is 5.32. The zero-order valence-corrected chi connectivity index (χ0v) is 12.9. The number of rotatable bonds is 6. The molecule has 1 aromatic heterocycles. The molecule has 3 N–H and O–H groups in total. The molecule has 8 heteroatoms. The Morgan fingerprint density at radius 1 is 1.52 bits per heavy atom. The van der Waals surface area contributed by atoms with Gasteiger partial charge in [0.2, 0.25) is 11.8 Å². The molecular weight excluding hydrogens is 294 g/mol. The van der Waals surface area contributed by atoms with E-state index in [0.29, 0.717) is 16.9 Å². The Bertz CT molecular complexity index is 577. The van der Waals surface area contributed by atoms with Gasteiger partial charge in [0.1, 0.15) is 23.4 Å². The lowest BCUT2D eigenvalue weighted by atomic mass is 10.2. The number of carbonyl (C=O) groups excluding carboxylic acids is 2. The van der Waals surface area contributed by atoms with E-state index in [1.54, 1.807) is 13.8 Å². The molecule has 0 bridgehead atoms. The van der Waals surface area contributed by atoms with E-state index in [0.717, 1.165) is 0 Å². The Labute approximate surface area is 126 Å². The number of amides is 1. The van der Waals surface area contributed by atoms with Gasteiger partial charge in [0.05, 0.1) is 12.9 Å². The first-order valence-corrected chi connectivity index (χ1v) is 7.27. The number of nitrogens with two attached hydrogens (primary N) is 1. The molecule has 7 nitrogen and oxygen atoms in total. The Balaban J connectivity index is 2.50. The average Bonchev–Trinajstić information content (AvgIpc) is 2.72. The fourth-order valence-corrected chi connectivity index (χ4v) is 2.28. The summed E-state index contributed by atoms with van der Waals surface area (Å²) in [5, 5.41) is 11.6. The van der Waals surface area contributed by atoms with E-state index < -0.39 is 12.0 Å². The quantitative estimate of drug-likeness (QED) is 0.750. The van der Waals surface area contributed by atoms with Crippen LogP contribution >= 0.6 is 11.8 Å². The van der Waals surface area contributed by atoms with Crippen LogP contribution < -0.4 is 11.1 Å². The van der Waals surface area contributed by atoms with Crippen LogP contribution in [0.1, 0.15) is 16.9 Å². The first-order chi connectivity index (χ1) is 9.90. The molecule has 114 valence electrons. The predicted octanol–water partition coefficient (Wildman–Crippen LogP) is 0.940. The first kappa shape index (κ1) is 17.1. The zero-order chi connectivity index (χ0) is 16.0. The van der Waals surface area contributed by atoms with Gasteiger partial charge in [-0.2, -0.15) is 5.26 Å². The number of methoxy groups -OCH3 is 1. The van der Waals surface area contributed by atoms with E-state index in [-0.39, 0.29) is 23.3 Å². The third kappa shape index (κ3) is 4.51. The highest BCUT2D eigenvalue weighted by Crippen LogP contribution is 2.25. The van der Waals surface area contributed by atoms with Crippen LogP contribution in [-0.2, 0) is 14.3 Å². The highest BCUT2D eigenvalue weighted by Gasteiger charge is 2.18. The first-order valence-electron chi connectivity index (χ1n) is 6.11. The minimum atomic E-state index is -0.768. The number of ether oxygens (including phenoxy) is 1. The summed E-state index contributed by atoms with van der Waals surface area (Å²) in [5.41, 5.74) is 6.57. The van der Waals surface area contributed by atoms with Crippen LogP contribution in [0.15, 0.2) is 4.42 Å². The summed E-state index contributed by atoms with van der Waals surface area (Å²) in [5.74, 6) is 0.238. The van der Waals surface area contributed by atoms with E-state index >= 15 is 0 Å². The third-order valence-corrected chi connectivity index (χ3v) is 3.85. The Kier molecular flexibility index (Phi) is 6.27. The molecule has 1 aromatic rings. The number of anilines is 1. The largest absolute Gasteiger partial charge is 0.468 e. The lowest BCUT2D eigenvalue weighted by Crippen LogP contribution is -2.34. The fraction of sp³-hybridized carbons (Fsp3) is 0.462. The monoisotopic (exact) mass is 311 g/mol. The SMILES string of the molecule is COC(=O)C(N)CSCC(=O)Nc1oc(C)c(C)c1C#N. The van der Waals surface area contributed by atoms with Crippen LogP contribution in [0.4, 0.5) is 5.88 Å². The minimum Gasteiger partial charge on any atom is -0.468 e. The van der Waals surface area contributed by atoms with Gasteiger partial charge in [-0.1, -0.05) is 0 Å². The van der Waals surface area contributed by atoms with Crippen molar-refractivity contribution in [2.75, 3.05) is 23.9 Å². The van der Waals surface area contributed by atoms with E-state index in [9.17, 15) is 9.59 Å². The van der Waals surface area contributed by atoms with Crippen LogP contribution in [0.25, 0.3) is 0 Å². The van der Waals surface area contributed by atoms with Gasteiger partial charge in [0.15, 0.2) is 0 Å². The van der Waals surface area contributed by atoms with Crippen molar-refractivity contribution in [3.8, 4) is 6.07 Å². The minimum absolute atomic E-state index is 0.0916. The molecule has 1 unspecified atom stereocenters. The Morgan fingerprint density at radius 3 is 2.76 bits per heavy atom. The molecule has 1 rings (SSSR count). The van der Waals surface area contributed by atoms with Crippen molar-refractivity contribution in [3.63, 3.8) is 0 Å². The van der Waals surface area contributed by atoms with Crippen LogP contribution in [-0.4, -0.2) is 36.5 Å². The van der Waals surface area contributed by atoms with Crippen LogP contribution in [0.3, 0.4) is 0 Å². The number of hydrogen-bond donors (Lipinski definition) is 2. The Hall–Kier alpha value is -1.98. The molecule has 0 aliphatic heterocycles. The van der Waals surface area contributed by atoms with Crippen molar-refractivity contribution < 1.29 is 18.7 Å². The van der Waals surface area contributed by atoms with E-state index in [1.807, 2.05) is 6.07 Å². The molecule has 0 fully saturated rings. The number of aryl methyl sites for hydroxylation is 1. The maximum Gasteiger partial charge on any atom is 0.323 e. The van der Waals surface area contributed by atoms with Gasteiger partial charge in [-0.15, -0.1) is 11.8 Å². The molecule has 1 heterocycles. The zero-order valence-electron chi connectivity index (χ0n) is 12.1. The van der Waals surface area contributed by atoms with Gasteiger partial charge in [0, 0.05) is 11.3 Å². The summed E-state index contributed by atoms with van der Waals surface area (Å²) in [6.07, 6.45) is 0. The molecule has 0 saturated heterocycles. The molecular formula is C13H17N3O4S. The molecule has 0 aromatic carbocycles. The van der Waals surface area contributed by atoms with Gasteiger partial charge in [-0.05, 0) is 13.8 Å². The van der Waals surface area contributed by atoms with Crippen molar-refractivity contribution in [1.29, 1.82) is 5.26 Å². The molecule has 21 heavy (non-hydrogen) atoms. The smallest absolute Gasteiger partial charge is 0.323 e. The van der Waals surface area contributed by atoms with Crippen molar-refractivity contribution in [3.05, 3.63) is 16.9 Å². The van der Waals surface area contributed by atoms with Gasteiger partial charge in [-0.3, -0.25) is 14.9 Å². The molecule has 1 atom stereocenters. The maximum absolute atomic E-state index is 11.8. The fourth-order valence-electron chi connectivity index (χ4n) is 1.51.